The summed E-state index contributed by atoms with van der Waals surface area (Å²) < 4.78 is 12.9. The predicted octanol–water partition coefficient (Wildman–Crippen LogP) is 4.67. The first-order chi connectivity index (χ1) is 12.0. The SMILES string of the molecule is CCOc1ccc(OCC)c(NC(N)=NCc2cc(Cl)c(Cl)n2C)c1.I. The van der Waals surface area contributed by atoms with Crippen molar-refractivity contribution < 1.29 is 9.47 Å². The van der Waals surface area contributed by atoms with E-state index in [1.807, 2.05) is 39.1 Å². The molecule has 2 rings (SSSR count). The van der Waals surface area contributed by atoms with Gasteiger partial charge in [0.1, 0.15) is 16.7 Å². The van der Waals surface area contributed by atoms with Gasteiger partial charge in [-0.15, -0.1) is 24.0 Å². The Kier molecular flexibility index (Phi) is 9.38. The molecule has 6 nitrogen and oxygen atoms in total. The number of anilines is 1. The van der Waals surface area contributed by atoms with Crippen molar-refractivity contribution in [2.45, 2.75) is 20.4 Å². The topological polar surface area (TPSA) is 73.8 Å². The lowest BCUT2D eigenvalue weighted by Gasteiger charge is -2.14. The maximum Gasteiger partial charge on any atom is 0.193 e. The Bertz CT molecular complexity index is 765. The molecule has 2 aromatic rings. The Hall–Kier alpha value is -1.32. The van der Waals surface area contributed by atoms with Crippen LogP contribution in [0.1, 0.15) is 19.5 Å². The highest BCUT2D eigenvalue weighted by Crippen LogP contribution is 2.29. The average Bonchev–Trinajstić information content (AvgIpc) is 2.83. The van der Waals surface area contributed by atoms with Crippen LogP contribution in [0.2, 0.25) is 10.2 Å². The predicted molar refractivity (Wildman–Crippen MR) is 119 cm³/mol. The summed E-state index contributed by atoms with van der Waals surface area (Å²) in [6.07, 6.45) is 0. The van der Waals surface area contributed by atoms with Gasteiger partial charge in [-0.3, -0.25) is 0 Å². The molecule has 0 fully saturated rings. The molecule has 0 aliphatic rings. The van der Waals surface area contributed by atoms with Crippen molar-refractivity contribution in [3.8, 4) is 11.5 Å². The number of benzene rings is 1. The number of aromatic nitrogens is 1. The van der Waals surface area contributed by atoms with Gasteiger partial charge >= 0.3 is 0 Å². The second-order valence-electron chi connectivity index (χ2n) is 5.18. The Balaban J connectivity index is 0.00000338. The van der Waals surface area contributed by atoms with Gasteiger partial charge in [-0.25, -0.2) is 4.99 Å². The van der Waals surface area contributed by atoms with Gasteiger partial charge in [0.15, 0.2) is 5.96 Å². The maximum atomic E-state index is 6.05. The molecule has 0 radical (unpaired) electrons. The molecule has 0 aliphatic heterocycles. The highest BCUT2D eigenvalue weighted by molar-refractivity contribution is 14.0. The van der Waals surface area contributed by atoms with Crippen molar-refractivity contribution in [2.24, 2.45) is 17.8 Å². The van der Waals surface area contributed by atoms with E-state index >= 15 is 0 Å². The van der Waals surface area contributed by atoms with E-state index in [0.717, 1.165) is 11.4 Å². The zero-order chi connectivity index (χ0) is 18.4. The first-order valence-electron chi connectivity index (χ1n) is 7.92. The quantitative estimate of drug-likeness (QED) is 0.321. The molecular formula is C17H23Cl2IN4O2. The Morgan fingerprint density at radius 2 is 1.88 bits per heavy atom. The highest BCUT2D eigenvalue weighted by Gasteiger charge is 2.10. The second kappa shape index (κ2) is 10.7. The zero-order valence-corrected chi connectivity index (χ0v) is 18.7. The Morgan fingerprint density at radius 1 is 1.19 bits per heavy atom. The van der Waals surface area contributed by atoms with Crippen LogP contribution >= 0.6 is 47.2 Å². The van der Waals surface area contributed by atoms with Gasteiger partial charge in [0, 0.05) is 18.8 Å². The molecule has 1 aromatic carbocycles. The molecule has 0 bridgehead atoms. The molecule has 1 heterocycles. The van der Waals surface area contributed by atoms with Crippen molar-refractivity contribution in [2.75, 3.05) is 18.5 Å². The van der Waals surface area contributed by atoms with Gasteiger partial charge in [-0.2, -0.15) is 0 Å². The second-order valence-corrected chi connectivity index (χ2v) is 5.95. The summed E-state index contributed by atoms with van der Waals surface area (Å²) in [5.41, 5.74) is 7.55. The van der Waals surface area contributed by atoms with Crippen LogP contribution < -0.4 is 20.5 Å². The highest BCUT2D eigenvalue weighted by atomic mass is 127. The van der Waals surface area contributed by atoms with Gasteiger partial charge in [-0.1, -0.05) is 23.2 Å². The fourth-order valence-corrected chi connectivity index (χ4v) is 2.64. The van der Waals surface area contributed by atoms with E-state index in [9.17, 15) is 0 Å². The Labute approximate surface area is 180 Å². The third-order valence-electron chi connectivity index (χ3n) is 3.45. The van der Waals surface area contributed by atoms with Crippen LogP contribution in [0.4, 0.5) is 5.69 Å². The van der Waals surface area contributed by atoms with E-state index in [0.29, 0.717) is 41.4 Å². The molecule has 144 valence electrons. The standard InChI is InChI=1S/C17H22Cl2N4O2.HI/c1-4-24-12-6-7-15(25-5-2)14(9-12)22-17(20)21-10-11-8-13(18)16(19)23(11)3;/h6-9H,4-5,10H2,1-3H3,(H3,20,21,22);1H. The van der Waals surface area contributed by atoms with Crippen molar-refractivity contribution >= 4 is 58.8 Å². The van der Waals surface area contributed by atoms with Crippen LogP contribution in [0.15, 0.2) is 29.3 Å². The lowest BCUT2D eigenvalue weighted by Crippen LogP contribution is -2.23. The molecule has 0 aliphatic carbocycles. The van der Waals surface area contributed by atoms with Gasteiger partial charge in [0.05, 0.1) is 30.5 Å². The first kappa shape index (κ1) is 22.7. The van der Waals surface area contributed by atoms with Crippen molar-refractivity contribution in [3.63, 3.8) is 0 Å². The maximum absolute atomic E-state index is 6.05. The summed E-state index contributed by atoms with van der Waals surface area (Å²) in [5.74, 6) is 1.65. The summed E-state index contributed by atoms with van der Waals surface area (Å²) in [5, 5.41) is 4.02. The fraction of sp³-hybridized carbons (Fsp3) is 0.353. The number of nitrogens with zero attached hydrogens (tertiary/aromatic N) is 2. The van der Waals surface area contributed by atoms with Crippen molar-refractivity contribution in [3.05, 3.63) is 40.1 Å². The van der Waals surface area contributed by atoms with Crippen molar-refractivity contribution in [1.82, 2.24) is 4.57 Å². The largest absolute Gasteiger partial charge is 0.494 e. The first-order valence-corrected chi connectivity index (χ1v) is 8.68. The van der Waals surface area contributed by atoms with Crippen LogP contribution in [0.3, 0.4) is 0 Å². The van der Waals surface area contributed by atoms with Gasteiger partial charge < -0.3 is 25.1 Å². The lowest BCUT2D eigenvalue weighted by atomic mass is 10.2. The minimum atomic E-state index is 0. The molecule has 0 saturated carbocycles. The third-order valence-corrected chi connectivity index (χ3v) is 4.29. The molecule has 0 amide bonds. The monoisotopic (exact) mass is 512 g/mol. The number of hydrogen-bond acceptors (Lipinski definition) is 3. The normalized spacial score (nSPS) is 11.0. The average molecular weight is 513 g/mol. The molecule has 9 heteroatoms. The smallest absolute Gasteiger partial charge is 0.193 e. The number of nitrogens with two attached hydrogens (primary N) is 1. The van der Waals surface area contributed by atoms with Crippen LogP contribution in [0.5, 0.6) is 11.5 Å². The molecule has 0 saturated heterocycles. The minimum Gasteiger partial charge on any atom is -0.494 e. The lowest BCUT2D eigenvalue weighted by molar-refractivity contribution is 0.332. The molecule has 0 spiro atoms. The third kappa shape index (κ3) is 5.85. The van der Waals surface area contributed by atoms with E-state index < -0.39 is 0 Å². The van der Waals surface area contributed by atoms with Crippen LogP contribution in [-0.4, -0.2) is 23.7 Å². The molecule has 0 unspecified atom stereocenters. The Morgan fingerprint density at radius 3 is 2.46 bits per heavy atom. The molecule has 1 aromatic heterocycles. The van der Waals surface area contributed by atoms with E-state index in [1.54, 1.807) is 10.6 Å². The van der Waals surface area contributed by atoms with Gasteiger partial charge in [0.25, 0.3) is 0 Å². The number of aliphatic imine (C=N–C) groups is 1. The van der Waals surface area contributed by atoms with Gasteiger partial charge in [0.2, 0.25) is 0 Å². The van der Waals surface area contributed by atoms with Gasteiger partial charge in [-0.05, 0) is 32.0 Å². The van der Waals surface area contributed by atoms with E-state index in [4.69, 9.17) is 38.4 Å². The molecule has 3 N–H and O–H groups in total. The summed E-state index contributed by atoms with van der Waals surface area (Å²) in [7, 11) is 1.82. The summed E-state index contributed by atoms with van der Waals surface area (Å²) in [6, 6.07) is 7.27. The molecule has 26 heavy (non-hydrogen) atoms. The van der Waals surface area contributed by atoms with E-state index in [1.165, 1.54) is 0 Å². The molecular weight excluding hydrogens is 490 g/mol. The number of nitrogens with one attached hydrogen (secondary N) is 1. The minimum absolute atomic E-state index is 0. The molecule has 0 atom stereocenters. The van der Waals surface area contributed by atoms with E-state index in [2.05, 4.69) is 10.3 Å². The van der Waals surface area contributed by atoms with E-state index in [-0.39, 0.29) is 29.9 Å². The van der Waals surface area contributed by atoms with Crippen molar-refractivity contribution in [1.29, 1.82) is 0 Å². The van der Waals surface area contributed by atoms with Crippen LogP contribution in [0, 0.1) is 0 Å². The number of rotatable bonds is 7. The van der Waals surface area contributed by atoms with Crippen LogP contribution in [-0.2, 0) is 13.6 Å². The summed E-state index contributed by atoms with van der Waals surface area (Å²) in [6.45, 7) is 5.30. The summed E-state index contributed by atoms with van der Waals surface area (Å²) in [4.78, 5) is 4.33. The zero-order valence-electron chi connectivity index (χ0n) is 14.9. The summed E-state index contributed by atoms with van der Waals surface area (Å²) >= 11 is 12.1. The number of hydrogen-bond donors (Lipinski definition) is 2. The fourth-order valence-electron chi connectivity index (χ4n) is 2.23. The van der Waals surface area contributed by atoms with Crippen LogP contribution in [0.25, 0.3) is 0 Å². The number of ether oxygens (including phenoxy) is 2. The number of halogens is 3. The number of guanidine groups is 1.